The first-order valence-electron chi connectivity index (χ1n) is 3.19. The average molecular weight is 141 g/mol. The normalized spacial score (nSPS) is 8.40. The molecule has 0 unspecified atom stereocenters. The van der Waals surface area contributed by atoms with Gasteiger partial charge in [-0.3, -0.25) is 10.1 Å². The van der Waals surface area contributed by atoms with Crippen molar-refractivity contribution in [2.75, 3.05) is 6.54 Å². The Hall–Kier alpha value is -1.08. The smallest absolute Gasteiger partial charge is 0.232 e. The van der Waals surface area contributed by atoms with Crippen LogP contribution in [-0.4, -0.2) is 12.5 Å². The quantitative estimate of drug-likeness (QED) is 0.321. The molecule has 0 radical (unpaired) electrons. The number of nitriles is 1. The van der Waals surface area contributed by atoms with Gasteiger partial charge in [-0.15, -0.1) is 0 Å². The Morgan fingerprint density at radius 1 is 1.60 bits per heavy atom. The van der Waals surface area contributed by atoms with Gasteiger partial charge in [0.2, 0.25) is 5.91 Å². The van der Waals surface area contributed by atoms with Crippen LogP contribution in [0.2, 0.25) is 0 Å². The minimum Gasteiger partial charge on any atom is -0.330 e. The third-order valence-corrected chi connectivity index (χ3v) is 1.05. The highest BCUT2D eigenvalue weighted by Crippen LogP contribution is 1.91. The summed E-state index contributed by atoms with van der Waals surface area (Å²) in [4.78, 5) is 10.5. The Balaban J connectivity index is 3.15. The summed E-state index contributed by atoms with van der Waals surface area (Å²) in [5.41, 5.74) is 5.19. The van der Waals surface area contributed by atoms with Crippen molar-refractivity contribution in [1.82, 2.24) is 5.32 Å². The monoisotopic (exact) mass is 141 g/mol. The Kier molecular flexibility index (Phi) is 5.39. The lowest BCUT2D eigenvalue weighted by Gasteiger charge is -1.94. The van der Waals surface area contributed by atoms with Gasteiger partial charge in [-0.1, -0.05) is 0 Å². The Morgan fingerprint density at radius 3 is 2.80 bits per heavy atom. The number of hydrogen-bond acceptors (Lipinski definition) is 3. The van der Waals surface area contributed by atoms with Crippen LogP contribution in [0.25, 0.3) is 0 Å². The molecule has 0 fully saturated rings. The number of rotatable bonds is 4. The summed E-state index contributed by atoms with van der Waals surface area (Å²) in [6, 6.07) is 0. The van der Waals surface area contributed by atoms with Crippen molar-refractivity contribution in [1.29, 1.82) is 5.26 Å². The van der Waals surface area contributed by atoms with Gasteiger partial charge in [-0.2, -0.15) is 5.26 Å². The summed E-state index contributed by atoms with van der Waals surface area (Å²) in [5, 5.41) is 10.0. The minimum absolute atomic E-state index is 0.226. The van der Waals surface area contributed by atoms with Gasteiger partial charge in [0.05, 0.1) is 0 Å². The van der Waals surface area contributed by atoms with Gasteiger partial charge in [-0.25, -0.2) is 0 Å². The first-order chi connectivity index (χ1) is 4.81. The number of nitrogens with zero attached hydrogens (tertiary/aromatic N) is 1. The molecule has 0 aromatic heterocycles. The average Bonchev–Trinajstić information content (AvgIpc) is 1.89. The zero-order valence-corrected chi connectivity index (χ0v) is 5.76. The van der Waals surface area contributed by atoms with Crippen LogP contribution in [-0.2, 0) is 4.79 Å². The number of carbonyl (C=O) groups is 1. The second kappa shape index (κ2) is 6.05. The third kappa shape index (κ3) is 5.06. The molecule has 0 bridgehead atoms. The molecule has 0 rings (SSSR count). The van der Waals surface area contributed by atoms with E-state index in [1.54, 1.807) is 6.19 Å². The molecule has 0 aromatic carbocycles. The molecule has 0 saturated carbocycles. The van der Waals surface area contributed by atoms with Crippen LogP contribution >= 0.6 is 0 Å². The topological polar surface area (TPSA) is 78.9 Å². The van der Waals surface area contributed by atoms with Crippen molar-refractivity contribution in [3.63, 3.8) is 0 Å². The maximum absolute atomic E-state index is 10.5. The molecule has 56 valence electrons. The van der Waals surface area contributed by atoms with Gasteiger partial charge in [0.15, 0.2) is 6.19 Å². The Labute approximate surface area is 60.0 Å². The van der Waals surface area contributed by atoms with Crippen LogP contribution in [0.4, 0.5) is 0 Å². The van der Waals surface area contributed by atoms with E-state index in [0.29, 0.717) is 13.0 Å². The van der Waals surface area contributed by atoms with Crippen LogP contribution in [0.15, 0.2) is 0 Å². The predicted molar refractivity (Wildman–Crippen MR) is 36.7 cm³/mol. The summed E-state index contributed by atoms with van der Waals surface area (Å²) in [6.07, 6.45) is 3.54. The largest absolute Gasteiger partial charge is 0.330 e. The van der Waals surface area contributed by atoms with E-state index in [9.17, 15) is 4.79 Å². The standard InChI is InChI=1S/C6H11N3O/c7-4-2-1-3-6(10)9-5-8/h1-4,7H2,(H,9,10). The lowest BCUT2D eigenvalue weighted by atomic mass is 10.2. The fraction of sp³-hybridized carbons (Fsp3) is 0.667. The molecule has 4 heteroatoms. The van der Waals surface area contributed by atoms with Gasteiger partial charge in [0.1, 0.15) is 0 Å². The molecule has 0 saturated heterocycles. The van der Waals surface area contributed by atoms with E-state index in [4.69, 9.17) is 11.0 Å². The van der Waals surface area contributed by atoms with E-state index in [1.165, 1.54) is 0 Å². The summed E-state index contributed by atoms with van der Waals surface area (Å²) >= 11 is 0. The van der Waals surface area contributed by atoms with Crippen LogP contribution in [0.1, 0.15) is 19.3 Å². The van der Waals surface area contributed by atoms with Gasteiger partial charge >= 0.3 is 0 Å². The second-order valence-corrected chi connectivity index (χ2v) is 1.91. The fourth-order valence-corrected chi connectivity index (χ4v) is 0.555. The first kappa shape index (κ1) is 8.92. The predicted octanol–water partition coefficient (Wildman–Crippen LogP) is -0.287. The molecule has 0 aliphatic rings. The third-order valence-electron chi connectivity index (χ3n) is 1.05. The highest BCUT2D eigenvalue weighted by atomic mass is 16.1. The molecule has 1 amide bonds. The van der Waals surface area contributed by atoms with Crippen LogP contribution < -0.4 is 11.1 Å². The second-order valence-electron chi connectivity index (χ2n) is 1.91. The number of amides is 1. The number of carbonyl (C=O) groups excluding carboxylic acids is 1. The summed E-state index contributed by atoms with van der Waals surface area (Å²) in [5.74, 6) is -0.226. The van der Waals surface area contributed by atoms with Crippen molar-refractivity contribution in [2.24, 2.45) is 5.73 Å². The molecule has 0 spiro atoms. The van der Waals surface area contributed by atoms with Gasteiger partial charge in [0.25, 0.3) is 0 Å². The lowest BCUT2D eigenvalue weighted by molar-refractivity contribution is -0.120. The molecule has 0 aromatic rings. The SMILES string of the molecule is N#CNC(=O)CCCCN. The van der Waals surface area contributed by atoms with Crippen molar-refractivity contribution >= 4 is 5.91 Å². The number of nitrogens with two attached hydrogens (primary N) is 1. The van der Waals surface area contributed by atoms with Crippen molar-refractivity contribution in [2.45, 2.75) is 19.3 Å². The maximum Gasteiger partial charge on any atom is 0.232 e. The van der Waals surface area contributed by atoms with E-state index in [1.807, 2.05) is 5.32 Å². The molecule has 0 aliphatic carbocycles. The van der Waals surface area contributed by atoms with Crippen LogP contribution in [0, 0.1) is 11.5 Å². The van der Waals surface area contributed by atoms with Crippen LogP contribution in [0.3, 0.4) is 0 Å². The zero-order valence-electron chi connectivity index (χ0n) is 5.76. The Morgan fingerprint density at radius 2 is 2.30 bits per heavy atom. The molecule has 10 heavy (non-hydrogen) atoms. The first-order valence-corrected chi connectivity index (χ1v) is 3.19. The lowest BCUT2D eigenvalue weighted by Crippen LogP contribution is -2.16. The van der Waals surface area contributed by atoms with Gasteiger partial charge in [0, 0.05) is 6.42 Å². The highest BCUT2D eigenvalue weighted by molar-refractivity contribution is 5.77. The summed E-state index contributed by atoms with van der Waals surface area (Å²) in [6.45, 7) is 0.597. The van der Waals surface area contributed by atoms with E-state index < -0.39 is 0 Å². The summed E-state index contributed by atoms with van der Waals surface area (Å²) in [7, 11) is 0. The molecular weight excluding hydrogens is 130 g/mol. The number of unbranched alkanes of at least 4 members (excludes halogenated alkanes) is 1. The maximum atomic E-state index is 10.5. The van der Waals surface area contributed by atoms with Crippen molar-refractivity contribution in [3.05, 3.63) is 0 Å². The van der Waals surface area contributed by atoms with Gasteiger partial charge in [-0.05, 0) is 19.4 Å². The zero-order chi connectivity index (χ0) is 7.82. The molecular formula is C6H11N3O. The van der Waals surface area contributed by atoms with Crippen LogP contribution in [0.5, 0.6) is 0 Å². The van der Waals surface area contributed by atoms with E-state index in [2.05, 4.69) is 0 Å². The highest BCUT2D eigenvalue weighted by Gasteiger charge is 1.96. The molecule has 0 aliphatic heterocycles. The summed E-state index contributed by atoms with van der Waals surface area (Å²) < 4.78 is 0. The fourth-order valence-electron chi connectivity index (χ4n) is 0.555. The van der Waals surface area contributed by atoms with Crippen molar-refractivity contribution < 1.29 is 4.79 Å². The molecule has 0 heterocycles. The molecule has 4 nitrogen and oxygen atoms in total. The van der Waals surface area contributed by atoms with E-state index >= 15 is 0 Å². The molecule has 3 N–H and O–H groups in total. The Bertz CT molecular complexity index is 138. The van der Waals surface area contributed by atoms with Gasteiger partial charge < -0.3 is 5.73 Å². The number of hydrogen-bond donors (Lipinski definition) is 2. The van der Waals surface area contributed by atoms with Crippen molar-refractivity contribution in [3.8, 4) is 6.19 Å². The molecule has 0 atom stereocenters. The van der Waals surface area contributed by atoms with E-state index in [0.717, 1.165) is 12.8 Å². The van der Waals surface area contributed by atoms with E-state index in [-0.39, 0.29) is 5.91 Å². The minimum atomic E-state index is -0.226. The number of nitrogens with one attached hydrogen (secondary N) is 1.